The SMILES string of the molecule is Cc1ccc(S(=O)(=O)n2c(C3CC3)cc3ccccc32)cc1. The number of hydrogen-bond donors (Lipinski definition) is 0. The van der Waals surface area contributed by atoms with Crippen molar-refractivity contribution < 1.29 is 8.42 Å². The van der Waals surface area contributed by atoms with Gasteiger partial charge in [0, 0.05) is 17.0 Å². The van der Waals surface area contributed by atoms with Gasteiger partial charge in [-0.1, -0.05) is 35.9 Å². The van der Waals surface area contributed by atoms with E-state index in [1.54, 1.807) is 16.1 Å². The number of hydrogen-bond acceptors (Lipinski definition) is 2. The fourth-order valence-electron chi connectivity index (χ4n) is 2.90. The second-order valence-corrected chi connectivity index (χ2v) is 7.77. The predicted molar refractivity (Wildman–Crippen MR) is 87.7 cm³/mol. The Morgan fingerprint density at radius 3 is 2.36 bits per heavy atom. The van der Waals surface area contributed by atoms with Gasteiger partial charge >= 0.3 is 0 Å². The van der Waals surface area contributed by atoms with Crippen LogP contribution in [0.1, 0.15) is 30.0 Å². The van der Waals surface area contributed by atoms with Gasteiger partial charge in [0.25, 0.3) is 10.0 Å². The van der Waals surface area contributed by atoms with E-state index in [4.69, 9.17) is 0 Å². The van der Waals surface area contributed by atoms with Crippen molar-refractivity contribution in [2.45, 2.75) is 30.6 Å². The highest BCUT2D eigenvalue weighted by Crippen LogP contribution is 2.43. The van der Waals surface area contributed by atoms with Crippen LogP contribution in [0.5, 0.6) is 0 Å². The quantitative estimate of drug-likeness (QED) is 0.731. The van der Waals surface area contributed by atoms with E-state index < -0.39 is 10.0 Å². The summed E-state index contributed by atoms with van der Waals surface area (Å²) in [7, 11) is -3.56. The number of rotatable bonds is 3. The van der Waals surface area contributed by atoms with Crippen LogP contribution in [0.15, 0.2) is 59.5 Å². The topological polar surface area (TPSA) is 39.1 Å². The van der Waals surface area contributed by atoms with E-state index in [2.05, 4.69) is 0 Å². The molecular weight excluding hydrogens is 294 g/mol. The molecule has 0 atom stereocenters. The monoisotopic (exact) mass is 311 g/mol. The molecule has 1 heterocycles. The van der Waals surface area contributed by atoms with Crippen molar-refractivity contribution in [3.63, 3.8) is 0 Å². The molecule has 0 radical (unpaired) electrons. The maximum Gasteiger partial charge on any atom is 0.268 e. The van der Waals surface area contributed by atoms with Gasteiger partial charge in [-0.2, -0.15) is 0 Å². The summed E-state index contributed by atoms with van der Waals surface area (Å²) in [5, 5.41) is 0.986. The third kappa shape index (κ3) is 2.06. The van der Waals surface area contributed by atoms with Crippen molar-refractivity contribution in [2.24, 2.45) is 0 Å². The Balaban J connectivity index is 1.99. The molecule has 0 aliphatic heterocycles. The van der Waals surface area contributed by atoms with Gasteiger partial charge in [0.05, 0.1) is 10.4 Å². The number of benzene rings is 2. The normalized spacial score (nSPS) is 15.3. The minimum Gasteiger partial charge on any atom is -0.238 e. The van der Waals surface area contributed by atoms with Crippen LogP contribution >= 0.6 is 0 Å². The Morgan fingerprint density at radius 2 is 1.68 bits per heavy atom. The lowest BCUT2D eigenvalue weighted by Crippen LogP contribution is -2.15. The van der Waals surface area contributed by atoms with E-state index in [0.717, 1.165) is 35.0 Å². The molecule has 0 spiro atoms. The first-order valence-electron chi connectivity index (χ1n) is 7.50. The van der Waals surface area contributed by atoms with Gasteiger partial charge in [-0.25, -0.2) is 12.4 Å². The van der Waals surface area contributed by atoms with E-state index in [0.29, 0.717) is 10.8 Å². The lowest BCUT2D eigenvalue weighted by Gasteiger charge is -2.12. The van der Waals surface area contributed by atoms with Crippen LogP contribution in [-0.4, -0.2) is 12.4 Å². The third-order valence-corrected chi connectivity index (χ3v) is 6.00. The molecule has 112 valence electrons. The number of aryl methyl sites for hydroxylation is 1. The summed E-state index contributed by atoms with van der Waals surface area (Å²) in [6, 6.07) is 16.8. The number of para-hydroxylation sites is 1. The zero-order chi connectivity index (χ0) is 15.3. The largest absolute Gasteiger partial charge is 0.268 e. The molecule has 22 heavy (non-hydrogen) atoms. The molecule has 0 bridgehead atoms. The molecule has 0 saturated heterocycles. The molecule has 1 aliphatic rings. The molecule has 3 aromatic rings. The number of nitrogens with zero attached hydrogens (tertiary/aromatic N) is 1. The molecule has 0 N–H and O–H groups in total. The summed E-state index contributed by atoms with van der Waals surface area (Å²) in [4.78, 5) is 0.348. The van der Waals surface area contributed by atoms with Gasteiger partial charge in [0.2, 0.25) is 0 Å². The maximum absolute atomic E-state index is 13.1. The van der Waals surface area contributed by atoms with Crippen LogP contribution < -0.4 is 0 Å². The van der Waals surface area contributed by atoms with Crippen LogP contribution in [0.4, 0.5) is 0 Å². The summed E-state index contributed by atoms with van der Waals surface area (Å²) in [5.74, 6) is 0.368. The smallest absolute Gasteiger partial charge is 0.238 e. The van der Waals surface area contributed by atoms with E-state index >= 15 is 0 Å². The highest BCUT2D eigenvalue weighted by atomic mass is 32.2. The van der Waals surface area contributed by atoms with Gasteiger partial charge in [0.15, 0.2) is 0 Å². The van der Waals surface area contributed by atoms with Gasteiger partial charge in [-0.15, -0.1) is 0 Å². The summed E-state index contributed by atoms with van der Waals surface area (Å²) < 4.78 is 27.8. The molecule has 1 aliphatic carbocycles. The Labute approximate surface area is 130 Å². The molecule has 1 aromatic heterocycles. The number of fused-ring (bicyclic) bond motifs is 1. The van der Waals surface area contributed by atoms with Gasteiger partial charge in [-0.05, 0) is 44.0 Å². The maximum atomic E-state index is 13.1. The summed E-state index contributed by atoms with van der Waals surface area (Å²) >= 11 is 0. The van der Waals surface area contributed by atoms with Gasteiger partial charge < -0.3 is 0 Å². The van der Waals surface area contributed by atoms with Gasteiger partial charge in [-0.3, -0.25) is 0 Å². The Kier molecular flexibility index (Phi) is 2.91. The second kappa shape index (κ2) is 4.71. The molecule has 0 unspecified atom stereocenters. The van der Waals surface area contributed by atoms with Crippen LogP contribution in [0, 0.1) is 6.92 Å². The lowest BCUT2D eigenvalue weighted by atomic mass is 10.2. The minimum absolute atomic E-state index is 0.348. The van der Waals surface area contributed by atoms with Crippen molar-refractivity contribution >= 4 is 20.9 Å². The standard InChI is InChI=1S/C18H17NO2S/c1-13-6-10-16(11-7-13)22(20,21)19-17-5-3-2-4-15(17)12-18(19)14-8-9-14/h2-7,10-12,14H,8-9H2,1H3. The molecule has 0 amide bonds. The van der Waals surface area contributed by atoms with Crippen molar-refractivity contribution in [3.8, 4) is 0 Å². The summed E-state index contributed by atoms with van der Waals surface area (Å²) in [6.45, 7) is 1.96. The van der Waals surface area contributed by atoms with E-state index in [1.807, 2.05) is 49.4 Å². The average molecular weight is 311 g/mol. The third-order valence-electron chi connectivity index (χ3n) is 4.25. The van der Waals surface area contributed by atoms with Crippen LogP contribution in [0.2, 0.25) is 0 Å². The minimum atomic E-state index is -3.56. The zero-order valence-electron chi connectivity index (χ0n) is 12.4. The second-order valence-electron chi connectivity index (χ2n) is 5.98. The Hall–Kier alpha value is -2.07. The fraction of sp³-hybridized carbons (Fsp3) is 0.222. The molecule has 4 rings (SSSR count). The Bertz CT molecular complexity index is 948. The van der Waals surface area contributed by atoms with E-state index in [1.165, 1.54) is 0 Å². The van der Waals surface area contributed by atoms with Crippen molar-refractivity contribution in [1.82, 2.24) is 3.97 Å². The molecule has 3 nitrogen and oxygen atoms in total. The fourth-order valence-corrected chi connectivity index (χ4v) is 4.49. The van der Waals surface area contributed by atoms with Crippen molar-refractivity contribution in [1.29, 1.82) is 0 Å². The lowest BCUT2D eigenvalue weighted by molar-refractivity contribution is 0.587. The first kappa shape index (κ1) is 13.6. The Morgan fingerprint density at radius 1 is 1.00 bits per heavy atom. The predicted octanol–water partition coefficient (Wildman–Crippen LogP) is 4.06. The highest BCUT2D eigenvalue weighted by molar-refractivity contribution is 7.90. The van der Waals surface area contributed by atoms with Crippen LogP contribution in [-0.2, 0) is 10.0 Å². The van der Waals surface area contributed by atoms with Gasteiger partial charge in [0.1, 0.15) is 0 Å². The van der Waals surface area contributed by atoms with Crippen molar-refractivity contribution in [2.75, 3.05) is 0 Å². The highest BCUT2D eigenvalue weighted by Gasteiger charge is 2.32. The van der Waals surface area contributed by atoms with E-state index in [9.17, 15) is 8.42 Å². The summed E-state index contributed by atoms with van der Waals surface area (Å²) in [6.07, 6.45) is 2.14. The van der Waals surface area contributed by atoms with Crippen LogP contribution in [0.3, 0.4) is 0 Å². The molecule has 2 aromatic carbocycles. The molecule has 4 heteroatoms. The molecule has 1 fully saturated rings. The van der Waals surface area contributed by atoms with Crippen LogP contribution in [0.25, 0.3) is 10.9 Å². The number of aromatic nitrogens is 1. The van der Waals surface area contributed by atoms with E-state index in [-0.39, 0.29) is 0 Å². The molecule has 1 saturated carbocycles. The first-order valence-corrected chi connectivity index (χ1v) is 8.94. The first-order chi connectivity index (χ1) is 10.6. The molecular formula is C18H17NO2S. The zero-order valence-corrected chi connectivity index (χ0v) is 13.2. The van der Waals surface area contributed by atoms with Crippen molar-refractivity contribution in [3.05, 3.63) is 65.9 Å². The summed E-state index contributed by atoms with van der Waals surface area (Å²) in [5.41, 5.74) is 2.74. The average Bonchev–Trinajstić information content (AvgIpc) is 3.27.